The van der Waals surface area contributed by atoms with E-state index < -0.39 is 12.5 Å². The Balaban J connectivity index is 2.97. The number of nitrogens with one attached hydrogen (secondary N) is 1. The zero-order valence-corrected chi connectivity index (χ0v) is 11.1. The number of nitrogens with zero attached hydrogens (tertiary/aromatic N) is 2. The van der Waals surface area contributed by atoms with Crippen molar-refractivity contribution in [2.45, 2.75) is 45.9 Å². The molecule has 1 unspecified atom stereocenters. The van der Waals surface area contributed by atoms with Gasteiger partial charge in [0.25, 0.3) is 6.43 Å². The van der Waals surface area contributed by atoms with Crippen molar-refractivity contribution in [1.29, 1.82) is 0 Å². The lowest BCUT2D eigenvalue weighted by Crippen LogP contribution is -2.23. The molecule has 1 aromatic rings. The first-order chi connectivity index (χ1) is 8.45. The highest BCUT2D eigenvalue weighted by molar-refractivity contribution is 5.19. The third kappa shape index (κ3) is 3.96. The lowest BCUT2D eigenvalue weighted by atomic mass is 10.2. The summed E-state index contributed by atoms with van der Waals surface area (Å²) in [4.78, 5) is 7.96. The molecule has 4 nitrogen and oxygen atoms in total. The molecule has 1 atom stereocenters. The second-order valence-corrected chi connectivity index (χ2v) is 4.35. The molecular weight excluding hydrogens is 240 g/mol. The summed E-state index contributed by atoms with van der Waals surface area (Å²) in [6, 6.07) is 0.216. The van der Waals surface area contributed by atoms with Gasteiger partial charge < -0.3 is 10.1 Å². The van der Waals surface area contributed by atoms with Gasteiger partial charge in [0.1, 0.15) is 11.8 Å². The fraction of sp³-hybridized carbons (Fsp3) is 0.667. The maximum absolute atomic E-state index is 12.9. The fourth-order valence-electron chi connectivity index (χ4n) is 1.37. The summed E-state index contributed by atoms with van der Waals surface area (Å²) in [5.74, 6) is 0.279. The summed E-state index contributed by atoms with van der Waals surface area (Å²) in [5.41, 5.74) is 0.197. The van der Waals surface area contributed by atoms with E-state index in [0.717, 1.165) is 0 Å². The highest BCUT2D eigenvalue weighted by Gasteiger charge is 2.18. The van der Waals surface area contributed by atoms with E-state index in [1.807, 2.05) is 13.8 Å². The van der Waals surface area contributed by atoms with Gasteiger partial charge in [-0.2, -0.15) is 0 Å². The van der Waals surface area contributed by atoms with E-state index in [-0.39, 0.29) is 17.6 Å². The molecule has 18 heavy (non-hydrogen) atoms. The summed E-state index contributed by atoms with van der Waals surface area (Å²) in [5, 5.41) is 3.08. The number of alkyl halides is 2. The second kappa shape index (κ2) is 6.70. The minimum Gasteiger partial charge on any atom is -0.374 e. The number of rotatable bonds is 6. The van der Waals surface area contributed by atoms with Gasteiger partial charge >= 0.3 is 0 Å². The number of aromatic nitrogens is 2. The quantitative estimate of drug-likeness (QED) is 0.853. The van der Waals surface area contributed by atoms with Crippen LogP contribution in [0.5, 0.6) is 0 Å². The van der Waals surface area contributed by atoms with Gasteiger partial charge in [0.05, 0.1) is 0 Å². The van der Waals surface area contributed by atoms with Crippen molar-refractivity contribution in [3.05, 3.63) is 23.3 Å². The molecule has 0 radical (unpaired) electrons. The van der Waals surface area contributed by atoms with Gasteiger partial charge in [0.15, 0.2) is 5.82 Å². The standard InChI is InChI=1S/C12H19F2N3O/c1-7(2)15-5-9-6-16-12(8(3)18-4)17-10(9)11(13)14/h6-8,11,15H,5H2,1-4H3. The zero-order valence-electron chi connectivity index (χ0n) is 11.1. The lowest BCUT2D eigenvalue weighted by Gasteiger charge is -2.14. The molecule has 0 fully saturated rings. The SMILES string of the molecule is COC(C)c1ncc(CNC(C)C)c(C(F)F)n1. The highest BCUT2D eigenvalue weighted by Crippen LogP contribution is 2.22. The van der Waals surface area contributed by atoms with Crippen LogP contribution in [0.15, 0.2) is 6.20 Å². The van der Waals surface area contributed by atoms with Gasteiger partial charge in [-0.3, -0.25) is 0 Å². The molecule has 0 aliphatic heterocycles. The van der Waals surface area contributed by atoms with Crippen LogP contribution in [0.4, 0.5) is 8.78 Å². The van der Waals surface area contributed by atoms with Crippen molar-refractivity contribution in [2.75, 3.05) is 7.11 Å². The van der Waals surface area contributed by atoms with Crippen LogP contribution >= 0.6 is 0 Å². The van der Waals surface area contributed by atoms with Gasteiger partial charge in [0, 0.05) is 31.5 Å². The third-order valence-corrected chi connectivity index (χ3v) is 2.54. The first-order valence-electron chi connectivity index (χ1n) is 5.85. The molecule has 0 saturated carbocycles. The molecule has 1 heterocycles. The molecule has 0 aliphatic rings. The van der Waals surface area contributed by atoms with Gasteiger partial charge in [-0.1, -0.05) is 13.8 Å². The molecular formula is C12H19F2N3O. The summed E-state index contributed by atoms with van der Waals surface area (Å²) < 4.78 is 30.9. The normalized spacial score (nSPS) is 13.3. The molecule has 0 aromatic carbocycles. The van der Waals surface area contributed by atoms with Crippen LogP contribution in [-0.4, -0.2) is 23.1 Å². The second-order valence-electron chi connectivity index (χ2n) is 4.35. The fourth-order valence-corrected chi connectivity index (χ4v) is 1.37. The number of hydrogen-bond donors (Lipinski definition) is 1. The maximum atomic E-state index is 12.9. The number of halogens is 2. The number of methoxy groups -OCH3 is 1. The van der Waals surface area contributed by atoms with Gasteiger partial charge in [-0.05, 0) is 6.92 Å². The zero-order chi connectivity index (χ0) is 13.7. The predicted octanol–water partition coefficient (Wildman–Crippen LogP) is 2.62. The van der Waals surface area contributed by atoms with Crippen molar-refractivity contribution in [3.63, 3.8) is 0 Å². The monoisotopic (exact) mass is 259 g/mol. The molecule has 1 N–H and O–H groups in total. The molecule has 102 valence electrons. The topological polar surface area (TPSA) is 47.0 Å². The van der Waals surface area contributed by atoms with E-state index in [2.05, 4.69) is 15.3 Å². The molecule has 1 aromatic heterocycles. The Hall–Kier alpha value is -1.14. The highest BCUT2D eigenvalue weighted by atomic mass is 19.3. The van der Waals surface area contributed by atoms with Crippen LogP contribution in [0.25, 0.3) is 0 Å². The van der Waals surface area contributed by atoms with Gasteiger partial charge in [-0.15, -0.1) is 0 Å². The molecule has 0 bridgehead atoms. The minimum absolute atomic E-state index is 0.216. The van der Waals surface area contributed by atoms with Crippen molar-refractivity contribution in [3.8, 4) is 0 Å². The molecule has 0 spiro atoms. The van der Waals surface area contributed by atoms with Crippen molar-refractivity contribution in [2.24, 2.45) is 0 Å². The van der Waals surface area contributed by atoms with Crippen LogP contribution in [0.1, 0.15) is 50.4 Å². The number of hydrogen-bond acceptors (Lipinski definition) is 4. The van der Waals surface area contributed by atoms with Crippen molar-refractivity contribution < 1.29 is 13.5 Å². The summed E-state index contributed by atoms with van der Waals surface area (Å²) in [6.07, 6.45) is -1.57. The molecule has 6 heteroatoms. The Bertz CT molecular complexity index is 386. The molecule has 1 rings (SSSR count). The Morgan fingerprint density at radius 1 is 1.33 bits per heavy atom. The Labute approximate surface area is 106 Å². The van der Waals surface area contributed by atoms with E-state index in [1.165, 1.54) is 13.3 Å². The van der Waals surface area contributed by atoms with Crippen LogP contribution < -0.4 is 5.32 Å². The molecule has 0 aliphatic carbocycles. The van der Waals surface area contributed by atoms with E-state index in [1.54, 1.807) is 6.92 Å². The van der Waals surface area contributed by atoms with Crippen molar-refractivity contribution in [1.82, 2.24) is 15.3 Å². The average Bonchev–Trinajstić information content (AvgIpc) is 2.34. The van der Waals surface area contributed by atoms with Crippen LogP contribution in [0.2, 0.25) is 0 Å². The van der Waals surface area contributed by atoms with Gasteiger partial charge in [-0.25, -0.2) is 18.7 Å². The first kappa shape index (κ1) is 14.9. The summed E-state index contributed by atoms with van der Waals surface area (Å²) in [7, 11) is 1.49. The largest absolute Gasteiger partial charge is 0.374 e. The summed E-state index contributed by atoms with van der Waals surface area (Å²) >= 11 is 0. The Morgan fingerprint density at radius 3 is 2.50 bits per heavy atom. The van der Waals surface area contributed by atoms with E-state index >= 15 is 0 Å². The van der Waals surface area contributed by atoms with Gasteiger partial charge in [0.2, 0.25) is 0 Å². The Kier molecular flexibility index (Phi) is 5.55. The maximum Gasteiger partial charge on any atom is 0.280 e. The van der Waals surface area contributed by atoms with E-state index in [9.17, 15) is 8.78 Å². The third-order valence-electron chi connectivity index (χ3n) is 2.54. The smallest absolute Gasteiger partial charge is 0.280 e. The summed E-state index contributed by atoms with van der Waals surface area (Å²) in [6.45, 7) is 5.95. The lowest BCUT2D eigenvalue weighted by molar-refractivity contribution is 0.108. The van der Waals surface area contributed by atoms with Crippen LogP contribution in [-0.2, 0) is 11.3 Å². The molecule has 0 amide bonds. The van der Waals surface area contributed by atoms with E-state index in [4.69, 9.17) is 4.74 Å². The first-order valence-corrected chi connectivity index (χ1v) is 5.85. The number of ether oxygens (including phenoxy) is 1. The Morgan fingerprint density at radius 2 is 2.00 bits per heavy atom. The van der Waals surface area contributed by atoms with Crippen LogP contribution in [0.3, 0.4) is 0 Å². The molecule has 0 saturated heterocycles. The van der Waals surface area contributed by atoms with Crippen molar-refractivity contribution >= 4 is 0 Å². The van der Waals surface area contributed by atoms with E-state index in [0.29, 0.717) is 12.1 Å². The predicted molar refractivity (Wildman–Crippen MR) is 64.4 cm³/mol. The minimum atomic E-state index is -2.61. The average molecular weight is 259 g/mol. The van der Waals surface area contributed by atoms with Crippen LogP contribution in [0, 0.1) is 0 Å².